The summed E-state index contributed by atoms with van der Waals surface area (Å²) in [6.45, 7) is 3.61. The molecule has 5 heteroatoms. The van der Waals surface area contributed by atoms with Gasteiger partial charge >= 0.3 is 0 Å². The van der Waals surface area contributed by atoms with Crippen LogP contribution in [0.4, 0.5) is 5.69 Å². The van der Waals surface area contributed by atoms with Gasteiger partial charge in [0.15, 0.2) is 5.82 Å². The molecule has 2 aromatic rings. The summed E-state index contributed by atoms with van der Waals surface area (Å²) >= 11 is 0. The van der Waals surface area contributed by atoms with E-state index in [1.807, 2.05) is 19.2 Å². The molecule has 0 radical (unpaired) electrons. The van der Waals surface area contributed by atoms with Crippen molar-refractivity contribution in [3.8, 4) is 11.5 Å². The van der Waals surface area contributed by atoms with Crippen LogP contribution in [0.3, 0.4) is 0 Å². The predicted molar refractivity (Wildman–Crippen MR) is 76.8 cm³/mol. The van der Waals surface area contributed by atoms with Crippen molar-refractivity contribution < 1.29 is 9.26 Å². The van der Waals surface area contributed by atoms with E-state index in [1.54, 1.807) is 0 Å². The van der Waals surface area contributed by atoms with Crippen LogP contribution in [0, 0.1) is 6.92 Å². The van der Waals surface area contributed by atoms with E-state index in [9.17, 15) is 0 Å². The van der Waals surface area contributed by atoms with Crippen molar-refractivity contribution in [3.63, 3.8) is 0 Å². The highest BCUT2D eigenvalue weighted by atomic mass is 16.5. The Morgan fingerprint density at radius 1 is 1.25 bits per heavy atom. The molecule has 2 heterocycles. The number of rotatable bonds is 3. The first-order chi connectivity index (χ1) is 9.78. The fourth-order valence-corrected chi connectivity index (χ4v) is 2.53. The molecular formula is C15H19N3O2. The quantitative estimate of drug-likeness (QED) is 0.931. The van der Waals surface area contributed by atoms with Crippen LogP contribution in [0.1, 0.15) is 30.1 Å². The molecule has 106 valence electrons. The number of benzene rings is 1. The number of hydrogen-bond acceptors (Lipinski definition) is 5. The number of aromatic nitrogens is 2. The molecule has 0 aliphatic carbocycles. The van der Waals surface area contributed by atoms with Crippen molar-refractivity contribution in [1.82, 2.24) is 10.1 Å². The third-order valence-electron chi connectivity index (χ3n) is 3.77. The fraction of sp³-hybridized carbons (Fsp3) is 0.467. The first-order valence-electron chi connectivity index (χ1n) is 6.98. The first-order valence-corrected chi connectivity index (χ1v) is 6.98. The average Bonchev–Trinajstić information content (AvgIpc) is 2.97. The highest BCUT2D eigenvalue weighted by Crippen LogP contribution is 2.29. The zero-order valence-electron chi connectivity index (χ0n) is 11.8. The van der Waals surface area contributed by atoms with Gasteiger partial charge in [-0.3, -0.25) is 0 Å². The average molecular weight is 273 g/mol. The van der Waals surface area contributed by atoms with Gasteiger partial charge in [0.25, 0.3) is 5.89 Å². The summed E-state index contributed by atoms with van der Waals surface area (Å²) in [6.07, 6.45) is 1.94. The van der Waals surface area contributed by atoms with Gasteiger partial charge in [-0.2, -0.15) is 4.98 Å². The molecule has 1 fully saturated rings. The van der Waals surface area contributed by atoms with Gasteiger partial charge in [-0.05, 0) is 43.5 Å². The first kappa shape index (κ1) is 13.1. The minimum Gasteiger partial charge on any atom is -0.388 e. The normalized spacial score (nSPS) is 16.3. The summed E-state index contributed by atoms with van der Waals surface area (Å²) in [7, 11) is 1.91. The number of hydrogen-bond donors (Lipinski definition) is 1. The van der Waals surface area contributed by atoms with Gasteiger partial charge in [-0.25, -0.2) is 0 Å². The van der Waals surface area contributed by atoms with E-state index in [0.29, 0.717) is 11.8 Å². The summed E-state index contributed by atoms with van der Waals surface area (Å²) < 4.78 is 10.8. The smallest absolute Gasteiger partial charge is 0.258 e. The molecule has 1 aromatic carbocycles. The van der Waals surface area contributed by atoms with Crippen LogP contribution < -0.4 is 5.32 Å². The number of anilines is 1. The van der Waals surface area contributed by atoms with Gasteiger partial charge in [0, 0.05) is 37.4 Å². The zero-order chi connectivity index (χ0) is 13.9. The Bertz CT molecular complexity index is 589. The lowest BCUT2D eigenvalue weighted by Gasteiger charge is -2.18. The van der Waals surface area contributed by atoms with Crippen molar-refractivity contribution in [2.75, 3.05) is 25.6 Å². The minimum atomic E-state index is 0.359. The number of ether oxygens (including phenoxy) is 1. The van der Waals surface area contributed by atoms with Crippen molar-refractivity contribution in [2.45, 2.75) is 25.7 Å². The molecule has 3 rings (SSSR count). The van der Waals surface area contributed by atoms with E-state index in [2.05, 4.69) is 28.4 Å². The second kappa shape index (κ2) is 5.63. The second-order valence-electron chi connectivity index (χ2n) is 5.12. The molecule has 1 saturated heterocycles. The topological polar surface area (TPSA) is 60.2 Å². The Morgan fingerprint density at radius 3 is 2.75 bits per heavy atom. The predicted octanol–water partition coefficient (Wildman–Crippen LogP) is 2.98. The van der Waals surface area contributed by atoms with Gasteiger partial charge in [-0.1, -0.05) is 5.16 Å². The van der Waals surface area contributed by atoms with Crippen LogP contribution >= 0.6 is 0 Å². The highest BCUT2D eigenvalue weighted by molar-refractivity contribution is 5.63. The van der Waals surface area contributed by atoms with Gasteiger partial charge in [-0.15, -0.1) is 0 Å². The van der Waals surface area contributed by atoms with Crippen molar-refractivity contribution >= 4 is 5.69 Å². The van der Waals surface area contributed by atoms with Crippen molar-refractivity contribution in [2.24, 2.45) is 0 Å². The maximum atomic E-state index is 5.44. The molecule has 1 N–H and O–H groups in total. The molecule has 0 unspecified atom stereocenters. The van der Waals surface area contributed by atoms with Gasteiger partial charge < -0.3 is 14.6 Å². The molecule has 1 aliphatic heterocycles. The van der Waals surface area contributed by atoms with Crippen molar-refractivity contribution in [1.29, 1.82) is 0 Å². The van der Waals surface area contributed by atoms with E-state index in [4.69, 9.17) is 9.26 Å². The Hall–Kier alpha value is -1.88. The largest absolute Gasteiger partial charge is 0.388 e. The lowest BCUT2D eigenvalue weighted by Crippen LogP contribution is -2.15. The standard InChI is InChI=1S/C15H19N3O2/c1-10-9-12(16-2)3-4-13(10)15-17-14(18-20-15)11-5-7-19-8-6-11/h3-4,9,11,16H,5-8H2,1-2H3. The Kier molecular flexibility index (Phi) is 3.69. The van der Waals surface area contributed by atoms with Gasteiger partial charge in [0.1, 0.15) is 0 Å². The zero-order valence-corrected chi connectivity index (χ0v) is 11.8. The van der Waals surface area contributed by atoms with Crippen LogP contribution in [-0.4, -0.2) is 30.4 Å². The molecule has 0 bridgehead atoms. The summed E-state index contributed by atoms with van der Waals surface area (Å²) in [4.78, 5) is 4.57. The lowest BCUT2D eigenvalue weighted by atomic mass is 10.00. The number of aryl methyl sites for hydroxylation is 1. The highest BCUT2D eigenvalue weighted by Gasteiger charge is 2.22. The molecule has 1 aliphatic rings. The molecule has 5 nitrogen and oxygen atoms in total. The minimum absolute atomic E-state index is 0.359. The summed E-state index contributed by atoms with van der Waals surface area (Å²) in [5.41, 5.74) is 3.20. The fourth-order valence-electron chi connectivity index (χ4n) is 2.53. The Balaban J connectivity index is 1.85. The van der Waals surface area contributed by atoms with Gasteiger partial charge in [0.2, 0.25) is 0 Å². The Morgan fingerprint density at radius 2 is 2.05 bits per heavy atom. The molecular weight excluding hydrogens is 254 g/mol. The third-order valence-corrected chi connectivity index (χ3v) is 3.77. The van der Waals surface area contributed by atoms with E-state index in [-0.39, 0.29) is 0 Å². The maximum absolute atomic E-state index is 5.44. The molecule has 0 amide bonds. The molecule has 0 spiro atoms. The number of nitrogens with one attached hydrogen (secondary N) is 1. The Labute approximate surface area is 118 Å². The van der Waals surface area contributed by atoms with Crippen LogP contribution in [0.2, 0.25) is 0 Å². The van der Waals surface area contributed by atoms with E-state index in [1.165, 1.54) is 0 Å². The third kappa shape index (κ3) is 2.54. The van der Waals surface area contributed by atoms with Crippen LogP contribution in [0.5, 0.6) is 0 Å². The second-order valence-corrected chi connectivity index (χ2v) is 5.12. The summed E-state index contributed by atoms with van der Waals surface area (Å²) in [5.74, 6) is 1.77. The molecule has 20 heavy (non-hydrogen) atoms. The van der Waals surface area contributed by atoms with E-state index < -0.39 is 0 Å². The summed E-state index contributed by atoms with van der Waals surface area (Å²) in [5, 5.41) is 7.27. The molecule has 0 atom stereocenters. The van der Waals surface area contributed by atoms with Crippen LogP contribution in [0.25, 0.3) is 11.5 Å². The number of nitrogens with zero attached hydrogens (tertiary/aromatic N) is 2. The maximum Gasteiger partial charge on any atom is 0.258 e. The van der Waals surface area contributed by atoms with Crippen LogP contribution in [-0.2, 0) is 4.74 Å². The monoisotopic (exact) mass is 273 g/mol. The molecule has 1 aromatic heterocycles. The summed E-state index contributed by atoms with van der Waals surface area (Å²) in [6, 6.07) is 6.11. The van der Waals surface area contributed by atoms with E-state index >= 15 is 0 Å². The van der Waals surface area contributed by atoms with Gasteiger partial charge in [0.05, 0.1) is 0 Å². The van der Waals surface area contributed by atoms with Crippen LogP contribution in [0.15, 0.2) is 22.7 Å². The SMILES string of the molecule is CNc1ccc(-c2nc(C3CCOCC3)no2)c(C)c1. The van der Waals surface area contributed by atoms with Crippen molar-refractivity contribution in [3.05, 3.63) is 29.6 Å². The lowest BCUT2D eigenvalue weighted by molar-refractivity contribution is 0.0830. The molecule has 0 saturated carbocycles. The van der Waals surface area contributed by atoms with E-state index in [0.717, 1.165) is 48.7 Å².